The summed E-state index contributed by atoms with van der Waals surface area (Å²) >= 11 is 1.55. The van der Waals surface area contributed by atoms with Gasteiger partial charge in [-0.05, 0) is 49.1 Å². The fraction of sp³-hybridized carbons (Fsp3) is 0.222. The summed E-state index contributed by atoms with van der Waals surface area (Å²) in [5.74, 6) is -0.312. The predicted octanol–water partition coefficient (Wildman–Crippen LogP) is 4.50. The number of halogens is 3. The largest absolute Gasteiger partial charge is 0.416 e. The molecule has 1 aromatic carbocycles. The smallest absolute Gasteiger partial charge is 0.347 e. The maximum absolute atomic E-state index is 12.9. The van der Waals surface area contributed by atoms with Gasteiger partial charge in [0.1, 0.15) is 0 Å². The van der Waals surface area contributed by atoms with E-state index in [9.17, 15) is 18.0 Å². The molecule has 136 valence electrons. The summed E-state index contributed by atoms with van der Waals surface area (Å²) in [6.07, 6.45) is -3.07. The second-order valence-corrected chi connectivity index (χ2v) is 6.81. The van der Waals surface area contributed by atoms with E-state index in [4.69, 9.17) is 0 Å². The first-order valence-corrected chi connectivity index (χ1v) is 8.69. The lowest BCUT2D eigenvalue weighted by Gasteiger charge is -2.10. The van der Waals surface area contributed by atoms with Crippen LogP contribution in [0.2, 0.25) is 0 Å². The van der Waals surface area contributed by atoms with Crippen molar-refractivity contribution in [3.05, 3.63) is 69.2 Å². The lowest BCUT2D eigenvalue weighted by Crippen LogP contribution is -2.23. The lowest BCUT2D eigenvalue weighted by atomic mass is 10.2. The van der Waals surface area contributed by atoms with E-state index in [0.717, 1.165) is 22.6 Å². The normalized spacial score (nSPS) is 11.6. The number of nitrogens with zero attached hydrogens (tertiary/aromatic N) is 2. The topological polar surface area (TPSA) is 46.9 Å². The summed E-state index contributed by atoms with van der Waals surface area (Å²) < 4.78 is 40.0. The zero-order chi connectivity index (χ0) is 18.9. The Bertz CT molecular complexity index is 943. The quantitative estimate of drug-likeness (QED) is 0.726. The Labute approximate surface area is 152 Å². The van der Waals surface area contributed by atoms with Crippen molar-refractivity contribution < 1.29 is 18.0 Å². The molecular formula is C18H16F3N3OS. The fourth-order valence-electron chi connectivity index (χ4n) is 2.55. The van der Waals surface area contributed by atoms with Crippen molar-refractivity contribution in [2.45, 2.75) is 26.6 Å². The van der Waals surface area contributed by atoms with Gasteiger partial charge in [-0.15, -0.1) is 11.3 Å². The standard InChI is InChI=1S/C18H16F3N3OS/c1-11-6-7-26-16(11)10-22-17(25)15-9-23-24(12(15)2)14-5-3-4-13(8-14)18(19,20)21/h3-9H,10H2,1-2H3,(H,22,25). The van der Waals surface area contributed by atoms with Crippen LogP contribution in [0.5, 0.6) is 0 Å². The van der Waals surface area contributed by atoms with E-state index >= 15 is 0 Å². The Morgan fingerprint density at radius 1 is 1.27 bits per heavy atom. The molecule has 0 saturated carbocycles. The third kappa shape index (κ3) is 3.65. The number of aromatic nitrogens is 2. The Kier molecular flexibility index (Phi) is 4.86. The molecule has 0 atom stereocenters. The Morgan fingerprint density at radius 2 is 2.04 bits per heavy atom. The number of carbonyl (C=O) groups is 1. The first-order chi connectivity index (χ1) is 12.3. The highest BCUT2D eigenvalue weighted by Gasteiger charge is 2.30. The highest BCUT2D eigenvalue weighted by molar-refractivity contribution is 7.10. The zero-order valence-corrected chi connectivity index (χ0v) is 14.9. The molecule has 2 heterocycles. The molecular weight excluding hydrogens is 363 g/mol. The summed E-state index contributed by atoms with van der Waals surface area (Å²) in [5.41, 5.74) is 1.41. The van der Waals surface area contributed by atoms with Crippen LogP contribution in [0.1, 0.15) is 32.1 Å². The number of hydrogen-bond acceptors (Lipinski definition) is 3. The highest BCUT2D eigenvalue weighted by Crippen LogP contribution is 2.30. The summed E-state index contributed by atoms with van der Waals surface area (Å²) in [6.45, 7) is 4.02. The molecule has 26 heavy (non-hydrogen) atoms. The van der Waals surface area contributed by atoms with Crippen LogP contribution in [0.4, 0.5) is 13.2 Å². The van der Waals surface area contributed by atoms with Gasteiger partial charge in [0.15, 0.2) is 0 Å². The Balaban J connectivity index is 1.82. The van der Waals surface area contributed by atoms with Crippen LogP contribution < -0.4 is 5.32 Å². The van der Waals surface area contributed by atoms with E-state index in [1.165, 1.54) is 23.0 Å². The average Bonchev–Trinajstić information content (AvgIpc) is 3.17. The number of alkyl halides is 3. The molecule has 3 rings (SSSR count). The van der Waals surface area contributed by atoms with Gasteiger partial charge in [0, 0.05) is 4.88 Å². The van der Waals surface area contributed by atoms with E-state index in [0.29, 0.717) is 17.8 Å². The number of amides is 1. The van der Waals surface area contributed by atoms with Crippen LogP contribution in [0.15, 0.2) is 41.9 Å². The minimum Gasteiger partial charge on any atom is -0.347 e. The van der Waals surface area contributed by atoms with Gasteiger partial charge in [-0.3, -0.25) is 4.79 Å². The minimum atomic E-state index is -4.43. The van der Waals surface area contributed by atoms with Crippen molar-refractivity contribution in [1.29, 1.82) is 0 Å². The number of benzene rings is 1. The van der Waals surface area contributed by atoms with Crippen molar-refractivity contribution in [3.63, 3.8) is 0 Å². The number of aryl methyl sites for hydroxylation is 1. The molecule has 0 bridgehead atoms. The van der Waals surface area contributed by atoms with Crippen molar-refractivity contribution in [2.24, 2.45) is 0 Å². The third-order valence-electron chi connectivity index (χ3n) is 4.05. The molecule has 0 radical (unpaired) electrons. The number of thiophene rings is 1. The maximum atomic E-state index is 12.9. The van der Waals surface area contributed by atoms with Crippen LogP contribution >= 0.6 is 11.3 Å². The van der Waals surface area contributed by atoms with Crippen molar-refractivity contribution >= 4 is 17.2 Å². The Morgan fingerprint density at radius 3 is 2.69 bits per heavy atom. The van der Waals surface area contributed by atoms with Gasteiger partial charge in [-0.1, -0.05) is 6.07 Å². The molecule has 1 N–H and O–H groups in total. The number of rotatable bonds is 4. The summed E-state index contributed by atoms with van der Waals surface area (Å²) in [4.78, 5) is 13.5. The van der Waals surface area contributed by atoms with Crippen molar-refractivity contribution in [1.82, 2.24) is 15.1 Å². The van der Waals surface area contributed by atoms with Crippen LogP contribution in [0.3, 0.4) is 0 Å². The van der Waals surface area contributed by atoms with Gasteiger partial charge >= 0.3 is 6.18 Å². The molecule has 8 heteroatoms. The van der Waals surface area contributed by atoms with E-state index in [-0.39, 0.29) is 11.6 Å². The van der Waals surface area contributed by atoms with Crippen molar-refractivity contribution in [3.8, 4) is 5.69 Å². The van der Waals surface area contributed by atoms with Gasteiger partial charge in [-0.2, -0.15) is 18.3 Å². The predicted molar refractivity (Wildman–Crippen MR) is 93.5 cm³/mol. The molecule has 0 aliphatic rings. The van der Waals surface area contributed by atoms with Crippen LogP contribution in [0, 0.1) is 13.8 Å². The second-order valence-electron chi connectivity index (χ2n) is 5.81. The molecule has 3 aromatic rings. The first kappa shape index (κ1) is 18.2. The molecule has 1 amide bonds. The summed E-state index contributed by atoms with van der Waals surface area (Å²) in [7, 11) is 0. The van der Waals surface area contributed by atoms with Gasteiger partial charge in [0.25, 0.3) is 5.91 Å². The summed E-state index contributed by atoms with van der Waals surface area (Å²) in [6, 6.07) is 6.82. The molecule has 2 aromatic heterocycles. The number of carbonyl (C=O) groups excluding carboxylic acids is 1. The molecule has 0 aliphatic carbocycles. The average molecular weight is 379 g/mol. The number of nitrogens with one attached hydrogen (secondary N) is 1. The fourth-order valence-corrected chi connectivity index (χ4v) is 3.39. The molecule has 4 nitrogen and oxygen atoms in total. The molecule has 0 unspecified atom stereocenters. The van der Waals surface area contributed by atoms with Crippen molar-refractivity contribution in [2.75, 3.05) is 0 Å². The third-order valence-corrected chi connectivity index (χ3v) is 5.07. The molecule has 0 aliphatic heterocycles. The molecule has 0 saturated heterocycles. The van der Waals surface area contributed by atoms with Crippen LogP contribution in [-0.4, -0.2) is 15.7 Å². The monoisotopic (exact) mass is 379 g/mol. The van der Waals surface area contributed by atoms with Gasteiger partial charge < -0.3 is 5.32 Å². The SMILES string of the molecule is Cc1ccsc1CNC(=O)c1cnn(-c2cccc(C(F)(F)F)c2)c1C. The van der Waals surface area contributed by atoms with Gasteiger partial charge in [0.05, 0.1) is 35.2 Å². The summed E-state index contributed by atoms with van der Waals surface area (Å²) in [5, 5.41) is 8.86. The van der Waals surface area contributed by atoms with Gasteiger partial charge in [0.2, 0.25) is 0 Å². The molecule has 0 spiro atoms. The van der Waals surface area contributed by atoms with E-state index in [1.807, 2.05) is 18.4 Å². The first-order valence-electron chi connectivity index (χ1n) is 7.81. The second kappa shape index (κ2) is 6.95. The van der Waals surface area contributed by atoms with Crippen LogP contribution in [0.25, 0.3) is 5.69 Å². The lowest BCUT2D eigenvalue weighted by molar-refractivity contribution is -0.137. The minimum absolute atomic E-state index is 0.255. The van der Waals surface area contributed by atoms with Gasteiger partial charge in [-0.25, -0.2) is 4.68 Å². The highest BCUT2D eigenvalue weighted by atomic mass is 32.1. The van der Waals surface area contributed by atoms with E-state index in [2.05, 4.69) is 10.4 Å². The van der Waals surface area contributed by atoms with E-state index < -0.39 is 11.7 Å². The maximum Gasteiger partial charge on any atom is 0.416 e. The Hall–Kier alpha value is -2.61. The number of hydrogen-bond donors (Lipinski definition) is 1. The van der Waals surface area contributed by atoms with Crippen LogP contribution in [-0.2, 0) is 12.7 Å². The molecule has 0 fully saturated rings. The zero-order valence-electron chi connectivity index (χ0n) is 14.1. The van der Waals surface area contributed by atoms with E-state index in [1.54, 1.807) is 18.3 Å².